The lowest BCUT2D eigenvalue weighted by Gasteiger charge is -2.35. The Bertz CT molecular complexity index is 658. The number of urea groups is 1. The first-order chi connectivity index (χ1) is 10.1. The van der Waals surface area contributed by atoms with Crippen LogP contribution in [0, 0.1) is 10.1 Å². The maximum Gasteiger partial charge on any atom is 0.338 e. The summed E-state index contributed by atoms with van der Waals surface area (Å²) in [5, 5.41) is 25.4. The van der Waals surface area contributed by atoms with E-state index < -0.39 is 20.5 Å². The molecule has 1 aliphatic rings. The first-order valence-electron chi connectivity index (χ1n) is 5.77. The average Bonchev–Trinajstić information content (AvgIpc) is 2.78. The minimum absolute atomic E-state index is 0.120. The number of non-ortho nitro benzene ring substituents is 1. The lowest BCUT2D eigenvalue weighted by molar-refractivity contribution is -0.384. The number of nitro benzene ring substituents is 1. The van der Waals surface area contributed by atoms with Crippen molar-refractivity contribution in [2.75, 3.05) is 0 Å². The lowest BCUT2D eigenvalue weighted by Crippen LogP contribution is -2.56. The molecule has 3 N–H and O–H groups in total. The van der Waals surface area contributed by atoms with Gasteiger partial charge in [0.1, 0.15) is 0 Å². The molecule has 0 radical (unpaired) electrons. The predicted octanol–water partition coefficient (Wildman–Crippen LogP) is 2.14. The minimum Gasteiger partial charge on any atom is -0.365 e. The Morgan fingerprint density at radius 3 is 2.32 bits per heavy atom. The molecule has 0 saturated heterocycles. The Balaban J connectivity index is 2.39. The number of halogens is 3. The number of benzene rings is 1. The third-order valence-corrected chi connectivity index (χ3v) is 3.97. The highest BCUT2D eigenvalue weighted by atomic mass is 35.6. The second-order valence-electron chi connectivity index (χ2n) is 4.49. The summed E-state index contributed by atoms with van der Waals surface area (Å²) in [6.07, 6.45) is -0.301. The maximum absolute atomic E-state index is 11.4. The van der Waals surface area contributed by atoms with Crippen LogP contribution in [0.3, 0.4) is 0 Å². The Morgan fingerprint density at radius 1 is 1.41 bits per heavy atom. The number of amides is 2. The number of primary amides is 1. The van der Waals surface area contributed by atoms with E-state index in [1.165, 1.54) is 24.3 Å². The van der Waals surface area contributed by atoms with Crippen molar-refractivity contribution in [3.63, 3.8) is 0 Å². The van der Waals surface area contributed by atoms with Crippen LogP contribution in [0.2, 0.25) is 0 Å². The van der Waals surface area contributed by atoms with Crippen molar-refractivity contribution < 1.29 is 14.8 Å². The number of nitrogens with two attached hydrogens (primary N) is 1. The third-order valence-electron chi connectivity index (χ3n) is 3.06. The molecule has 0 aromatic heterocycles. The van der Waals surface area contributed by atoms with E-state index in [9.17, 15) is 20.0 Å². The molecule has 2 rings (SSSR count). The van der Waals surface area contributed by atoms with Crippen molar-refractivity contribution in [3.05, 3.63) is 39.9 Å². The zero-order valence-corrected chi connectivity index (χ0v) is 13.0. The summed E-state index contributed by atoms with van der Waals surface area (Å²) in [5.74, 6) is 0. The number of hydrogen-bond acceptors (Lipinski definition) is 5. The Morgan fingerprint density at radius 2 is 1.95 bits per heavy atom. The highest BCUT2D eigenvalue weighted by molar-refractivity contribution is 6.68. The van der Waals surface area contributed by atoms with E-state index in [1.54, 1.807) is 0 Å². The number of hydrogen-bond donors (Lipinski definition) is 2. The summed E-state index contributed by atoms with van der Waals surface area (Å²) in [6, 6.07) is 4.20. The summed E-state index contributed by atoms with van der Waals surface area (Å²) in [6.45, 7) is 0. The van der Waals surface area contributed by atoms with Crippen molar-refractivity contribution in [1.82, 2.24) is 5.01 Å². The first kappa shape index (κ1) is 16.8. The fraction of sp³-hybridized carbons (Fsp3) is 0.273. The molecule has 1 heterocycles. The second-order valence-corrected chi connectivity index (χ2v) is 6.77. The average molecular weight is 368 g/mol. The number of hydrazone groups is 1. The number of carbonyl (C=O) groups is 1. The van der Waals surface area contributed by atoms with Gasteiger partial charge in [0.15, 0.2) is 0 Å². The van der Waals surface area contributed by atoms with Crippen LogP contribution in [0.25, 0.3) is 0 Å². The predicted molar refractivity (Wildman–Crippen MR) is 80.9 cm³/mol. The summed E-state index contributed by atoms with van der Waals surface area (Å²) in [7, 11) is 0. The standard InChI is InChI=1S/C11H9Cl3N4O4/c12-11(13,14)10(20)5-8(16-17(10)9(15)19)6-1-3-7(4-2-6)18(21)22/h1-4,20H,5H2,(H2,15,19). The molecule has 1 aromatic rings. The fourth-order valence-corrected chi connectivity index (χ4v) is 2.37. The number of aliphatic hydroxyl groups is 1. The molecular formula is C11H9Cl3N4O4. The van der Waals surface area contributed by atoms with E-state index in [4.69, 9.17) is 40.5 Å². The Kier molecular flexibility index (Phi) is 4.22. The largest absolute Gasteiger partial charge is 0.365 e. The van der Waals surface area contributed by atoms with Crippen LogP contribution in [0.4, 0.5) is 10.5 Å². The lowest BCUT2D eigenvalue weighted by atomic mass is 10.0. The highest BCUT2D eigenvalue weighted by Crippen LogP contribution is 2.46. The van der Waals surface area contributed by atoms with Crippen LogP contribution >= 0.6 is 34.8 Å². The molecule has 1 aliphatic heterocycles. The Labute approximate surface area is 139 Å². The number of alkyl halides is 3. The molecule has 1 atom stereocenters. The van der Waals surface area contributed by atoms with Crippen molar-refractivity contribution >= 4 is 52.2 Å². The number of nitro groups is 1. The van der Waals surface area contributed by atoms with Crippen molar-refractivity contribution in [3.8, 4) is 0 Å². The zero-order valence-electron chi connectivity index (χ0n) is 10.7. The van der Waals surface area contributed by atoms with Crippen LogP contribution in [0.15, 0.2) is 29.4 Å². The van der Waals surface area contributed by atoms with Crippen LogP contribution in [0.5, 0.6) is 0 Å². The van der Waals surface area contributed by atoms with Gasteiger partial charge in [0.2, 0.25) is 9.52 Å². The van der Waals surface area contributed by atoms with E-state index in [0.29, 0.717) is 10.6 Å². The summed E-state index contributed by atoms with van der Waals surface area (Å²) < 4.78 is -2.26. The maximum atomic E-state index is 11.4. The molecule has 8 nitrogen and oxygen atoms in total. The summed E-state index contributed by atoms with van der Waals surface area (Å²) in [5.41, 5.74) is 3.38. The van der Waals surface area contributed by atoms with Crippen molar-refractivity contribution in [2.45, 2.75) is 15.9 Å². The quantitative estimate of drug-likeness (QED) is 0.472. The monoisotopic (exact) mass is 366 g/mol. The molecule has 0 saturated carbocycles. The summed E-state index contributed by atoms with van der Waals surface area (Å²) in [4.78, 5) is 21.5. The topological polar surface area (TPSA) is 122 Å². The van der Waals surface area contributed by atoms with Gasteiger partial charge in [-0.15, -0.1) is 0 Å². The smallest absolute Gasteiger partial charge is 0.338 e. The minimum atomic E-state index is -2.26. The molecule has 0 spiro atoms. The van der Waals surface area contributed by atoms with Gasteiger partial charge in [0.25, 0.3) is 5.69 Å². The van der Waals surface area contributed by atoms with Gasteiger partial charge in [-0.2, -0.15) is 10.1 Å². The van der Waals surface area contributed by atoms with Crippen LogP contribution in [0.1, 0.15) is 12.0 Å². The third kappa shape index (κ3) is 2.82. The molecule has 1 unspecified atom stereocenters. The van der Waals surface area contributed by atoms with E-state index in [1.807, 2.05) is 0 Å². The van der Waals surface area contributed by atoms with E-state index in [-0.39, 0.29) is 17.8 Å². The molecule has 1 aromatic carbocycles. The molecule has 11 heteroatoms. The number of carbonyl (C=O) groups excluding carboxylic acids is 1. The molecule has 22 heavy (non-hydrogen) atoms. The fourth-order valence-electron chi connectivity index (χ4n) is 1.93. The van der Waals surface area contributed by atoms with Gasteiger partial charge in [0.05, 0.1) is 10.6 Å². The SMILES string of the molecule is NC(=O)N1N=C(c2ccc([N+](=O)[O-])cc2)CC1(O)C(Cl)(Cl)Cl. The number of rotatable bonds is 2. The van der Waals surface area contributed by atoms with Gasteiger partial charge < -0.3 is 10.8 Å². The van der Waals surface area contributed by atoms with E-state index in [0.717, 1.165) is 0 Å². The first-order valence-corrected chi connectivity index (χ1v) is 6.91. The van der Waals surface area contributed by atoms with Gasteiger partial charge >= 0.3 is 6.03 Å². The van der Waals surface area contributed by atoms with Gasteiger partial charge in [-0.3, -0.25) is 10.1 Å². The molecule has 0 fully saturated rings. The normalized spacial score (nSPS) is 21.6. The van der Waals surface area contributed by atoms with E-state index in [2.05, 4.69) is 5.10 Å². The van der Waals surface area contributed by atoms with Gasteiger partial charge in [-0.1, -0.05) is 34.8 Å². The molecular weight excluding hydrogens is 359 g/mol. The second kappa shape index (κ2) is 5.54. The van der Waals surface area contributed by atoms with Crippen LogP contribution in [-0.4, -0.2) is 36.3 Å². The number of nitrogens with zero attached hydrogens (tertiary/aromatic N) is 3. The van der Waals surface area contributed by atoms with E-state index >= 15 is 0 Å². The molecule has 118 valence electrons. The Hall–Kier alpha value is -1.61. The van der Waals surface area contributed by atoms with Crippen molar-refractivity contribution in [2.24, 2.45) is 10.8 Å². The van der Waals surface area contributed by atoms with Gasteiger partial charge in [0, 0.05) is 18.6 Å². The highest BCUT2D eigenvalue weighted by Gasteiger charge is 2.57. The van der Waals surface area contributed by atoms with Gasteiger partial charge in [-0.05, 0) is 17.7 Å². The van der Waals surface area contributed by atoms with Crippen LogP contribution < -0.4 is 5.73 Å². The molecule has 0 bridgehead atoms. The van der Waals surface area contributed by atoms with Crippen molar-refractivity contribution in [1.29, 1.82) is 0 Å². The van der Waals surface area contributed by atoms with Crippen LogP contribution in [-0.2, 0) is 0 Å². The zero-order chi connectivity index (χ0) is 16.7. The molecule has 0 aliphatic carbocycles. The van der Waals surface area contributed by atoms with Gasteiger partial charge in [-0.25, -0.2) is 4.79 Å². The summed E-state index contributed by atoms with van der Waals surface area (Å²) >= 11 is 17.1. The molecule has 2 amide bonds.